The zero-order valence-corrected chi connectivity index (χ0v) is 25.2. The van der Waals surface area contributed by atoms with Crippen LogP contribution in [0.5, 0.6) is 11.5 Å². The van der Waals surface area contributed by atoms with Crippen LogP contribution < -0.4 is 20.9 Å². The lowest BCUT2D eigenvalue weighted by Crippen LogP contribution is -2.27. The number of pyridine rings is 1. The molecule has 6 N–H and O–H groups in total. The number of amides is 1. The van der Waals surface area contributed by atoms with Crippen LogP contribution in [0.4, 0.5) is 4.79 Å². The number of aliphatic hydroxyl groups excluding tert-OH is 1. The third kappa shape index (κ3) is 9.59. The highest BCUT2D eigenvalue weighted by molar-refractivity contribution is 5.87. The van der Waals surface area contributed by atoms with Crippen molar-refractivity contribution >= 4 is 17.0 Å². The average Bonchev–Trinajstić information content (AvgIpc) is 3.00. The second-order valence-electron chi connectivity index (χ2n) is 11.2. The van der Waals surface area contributed by atoms with Crippen LogP contribution in [0.1, 0.15) is 79.3 Å². The minimum atomic E-state index is -1.07. The maximum atomic E-state index is 11.6. The number of hydrogen-bond donors (Lipinski definition) is 6. The summed E-state index contributed by atoms with van der Waals surface area (Å²) in [4.78, 5) is 25.7. The zero-order chi connectivity index (χ0) is 31.3. The molecule has 3 aromatic carbocycles. The minimum absolute atomic E-state index is 0.0149. The fourth-order valence-corrected chi connectivity index (χ4v) is 5.44. The highest BCUT2D eigenvalue weighted by Crippen LogP contribution is 2.29. The molecule has 2 unspecified atom stereocenters. The van der Waals surface area contributed by atoms with Crippen LogP contribution in [-0.4, -0.2) is 46.1 Å². The molecule has 0 radical (unpaired) electrons. The van der Waals surface area contributed by atoms with E-state index in [0.717, 1.165) is 73.9 Å². The number of fused-ring (bicyclic) bond motifs is 1. The molecule has 0 aliphatic heterocycles. The first-order chi connectivity index (χ1) is 21.3. The summed E-state index contributed by atoms with van der Waals surface area (Å²) in [5.74, 6) is 0.720. The largest absolute Gasteiger partial charge is 0.506 e. The Morgan fingerprint density at radius 2 is 1.59 bits per heavy atom. The number of aromatic amines is 1. The number of nitrogens with one attached hydrogen (secondary N) is 3. The minimum Gasteiger partial charge on any atom is -0.506 e. The van der Waals surface area contributed by atoms with Gasteiger partial charge < -0.3 is 35.7 Å². The number of carboxylic acid groups (broad SMARTS) is 1. The van der Waals surface area contributed by atoms with Crippen molar-refractivity contribution in [2.45, 2.75) is 64.0 Å². The van der Waals surface area contributed by atoms with Gasteiger partial charge in [0.2, 0.25) is 5.56 Å². The molecule has 0 saturated carbocycles. The smallest absolute Gasteiger partial charge is 0.405 e. The predicted molar refractivity (Wildman–Crippen MR) is 173 cm³/mol. The van der Waals surface area contributed by atoms with Crippen molar-refractivity contribution in [2.24, 2.45) is 0 Å². The van der Waals surface area contributed by atoms with E-state index in [2.05, 4.69) is 15.6 Å². The number of phenolic OH excluding ortho intramolecular Hbond substituents is 1. The van der Waals surface area contributed by atoms with E-state index >= 15 is 0 Å². The van der Waals surface area contributed by atoms with Gasteiger partial charge in [0.25, 0.3) is 0 Å². The summed E-state index contributed by atoms with van der Waals surface area (Å²) in [6.07, 6.45) is 5.82. The lowest BCUT2D eigenvalue weighted by Gasteiger charge is -2.19. The first-order valence-electron chi connectivity index (χ1n) is 15.3. The van der Waals surface area contributed by atoms with Gasteiger partial charge in [-0.05, 0) is 67.3 Å². The summed E-state index contributed by atoms with van der Waals surface area (Å²) in [6.45, 7) is 3.80. The van der Waals surface area contributed by atoms with Gasteiger partial charge in [-0.15, -0.1) is 0 Å². The number of hydrogen-bond acceptors (Lipinski definition) is 6. The van der Waals surface area contributed by atoms with Gasteiger partial charge in [0.1, 0.15) is 11.5 Å². The molecular formula is C35H43N3O6. The second-order valence-corrected chi connectivity index (χ2v) is 11.2. The molecule has 1 heterocycles. The average molecular weight is 602 g/mol. The number of carbonyl (C=O) groups is 1. The summed E-state index contributed by atoms with van der Waals surface area (Å²) >= 11 is 0. The third-order valence-electron chi connectivity index (χ3n) is 7.70. The molecule has 1 amide bonds. The molecule has 0 spiro atoms. The number of ether oxygens (including phenoxy) is 1. The molecule has 0 aliphatic rings. The molecule has 2 atom stereocenters. The Morgan fingerprint density at radius 1 is 0.886 bits per heavy atom. The Balaban J connectivity index is 1.08. The normalized spacial score (nSPS) is 12.6. The van der Waals surface area contributed by atoms with E-state index in [-0.39, 0.29) is 11.3 Å². The van der Waals surface area contributed by atoms with E-state index in [0.29, 0.717) is 29.6 Å². The summed E-state index contributed by atoms with van der Waals surface area (Å²) < 4.78 is 5.99. The van der Waals surface area contributed by atoms with Crippen molar-refractivity contribution < 1.29 is 24.9 Å². The van der Waals surface area contributed by atoms with E-state index in [4.69, 9.17) is 4.74 Å². The van der Waals surface area contributed by atoms with E-state index in [1.54, 1.807) is 12.1 Å². The standard InChI is InChI=1S/C35H43N3O6/c1-24-11-9-12-25(21-24)33(38-35(42)43)26-13-10-14-27(22-26)44-20-8-6-4-2-3-5-7-19-36-23-31(40)28-15-17-30(39)34-29(28)16-18-32(41)37-34/h9-18,21-22,31,33,36,38-40H,2-8,19-20,23H2,1H3,(H,37,41)(H,42,43). The molecule has 0 aliphatic carbocycles. The molecule has 44 heavy (non-hydrogen) atoms. The van der Waals surface area contributed by atoms with Crippen LogP contribution >= 0.6 is 0 Å². The van der Waals surface area contributed by atoms with Gasteiger partial charge in [-0.3, -0.25) is 4.79 Å². The van der Waals surface area contributed by atoms with Gasteiger partial charge in [-0.25, -0.2) is 4.79 Å². The monoisotopic (exact) mass is 601 g/mol. The van der Waals surface area contributed by atoms with Crippen LogP contribution in [0.25, 0.3) is 10.9 Å². The Morgan fingerprint density at radius 3 is 2.34 bits per heavy atom. The van der Waals surface area contributed by atoms with Crippen molar-refractivity contribution in [3.05, 3.63) is 105 Å². The lowest BCUT2D eigenvalue weighted by atomic mass is 9.97. The quantitative estimate of drug-likeness (QED) is 0.0776. The SMILES string of the molecule is Cc1cccc(C(NC(=O)O)c2cccc(OCCCCCCCCCNCC(O)c3ccc(O)c4[nH]c(=O)ccc34)c2)c1. The Bertz CT molecular complexity index is 1570. The first kappa shape index (κ1) is 32.6. The number of aromatic hydroxyl groups is 1. The molecule has 9 heteroatoms. The van der Waals surface area contributed by atoms with Gasteiger partial charge in [0, 0.05) is 18.0 Å². The van der Waals surface area contributed by atoms with Gasteiger partial charge in [-0.1, -0.05) is 80.1 Å². The maximum absolute atomic E-state index is 11.6. The number of benzene rings is 3. The maximum Gasteiger partial charge on any atom is 0.405 e. The Kier molecular flexibility index (Phi) is 12.2. The second kappa shape index (κ2) is 16.5. The molecule has 0 saturated heterocycles. The molecule has 4 aromatic rings. The van der Waals surface area contributed by atoms with Crippen molar-refractivity contribution in [3.8, 4) is 11.5 Å². The third-order valence-corrected chi connectivity index (χ3v) is 7.70. The number of unbranched alkanes of at least 4 members (excludes halogenated alkanes) is 6. The molecule has 234 valence electrons. The van der Waals surface area contributed by atoms with Crippen LogP contribution in [-0.2, 0) is 0 Å². The molecule has 9 nitrogen and oxygen atoms in total. The van der Waals surface area contributed by atoms with Gasteiger partial charge >= 0.3 is 6.09 Å². The number of aromatic nitrogens is 1. The number of phenols is 1. The van der Waals surface area contributed by atoms with Crippen molar-refractivity contribution in [2.75, 3.05) is 19.7 Å². The van der Waals surface area contributed by atoms with Crippen molar-refractivity contribution in [3.63, 3.8) is 0 Å². The fourth-order valence-electron chi connectivity index (χ4n) is 5.44. The molecule has 4 rings (SSSR count). The number of aliphatic hydroxyl groups is 1. The lowest BCUT2D eigenvalue weighted by molar-refractivity contribution is 0.176. The molecule has 1 aromatic heterocycles. The summed E-state index contributed by atoms with van der Waals surface area (Å²) in [7, 11) is 0. The van der Waals surface area contributed by atoms with E-state index in [1.165, 1.54) is 12.1 Å². The Labute approximate surface area is 257 Å². The first-order valence-corrected chi connectivity index (χ1v) is 15.3. The summed E-state index contributed by atoms with van der Waals surface area (Å²) in [5, 5.41) is 36.6. The van der Waals surface area contributed by atoms with Gasteiger partial charge in [0.05, 0.1) is 24.3 Å². The predicted octanol–water partition coefficient (Wildman–Crippen LogP) is 6.33. The number of aryl methyl sites for hydroxylation is 1. The highest BCUT2D eigenvalue weighted by Gasteiger charge is 2.17. The van der Waals surface area contributed by atoms with Crippen LogP contribution in [0, 0.1) is 6.92 Å². The number of H-pyrrole nitrogens is 1. The topological polar surface area (TPSA) is 144 Å². The summed E-state index contributed by atoms with van der Waals surface area (Å²) in [5.41, 5.74) is 3.51. The molecule has 0 fully saturated rings. The fraction of sp³-hybridized carbons (Fsp3) is 0.371. The van der Waals surface area contributed by atoms with E-state index in [1.807, 2.05) is 55.5 Å². The van der Waals surface area contributed by atoms with Gasteiger partial charge in [0.15, 0.2) is 0 Å². The Hall–Kier alpha value is -4.34. The van der Waals surface area contributed by atoms with Gasteiger partial charge in [-0.2, -0.15) is 0 Å². The number of rotatable bonds is 17. The van der Waals surface area contributed by atoms with Crippen molar-refractivity contribution in [1.82, 2.24) is 15.6 Å². The van der Waals surface area contributed by atoms with Crippen LogP contribution in [0.3, 0.4) is 0 Å². The zero-order valence-electron chi connectivity index (χ0n) is 25.2. The van der Waals surface area contributed by atoms with E-state index < -0.39 is 18.2 Å². The molecular weight excluding hydrogens is 558 g/mol. The van der Waals surface area contributed by atoms with Crippen LogP contribution in [0.2, 0.25) is 0 Å². The highest BCUT2D eigenvalue weighted by atomic mass is 16.5. The van der Waals surface area contributed by atoms with Crippen LogP contribution in [0.15, 0.2) is 77.6 Å². The van der Waals surface area contributed by atoms with E-state index in [9.17, 15) is 24.9 Å². The summed E-state index contributed by atoms with van der Waals surface area (Å²) in [6, 6.07) is 21.2. The van der Waals surface area contributed by atoms with Crippen molar-refractivity contribution in [1.29, 1.82) is 0 Å². The molecule has 0 bridgehead atoms.